The summed E-state index contributed by atoms with van der Waals surface area (Å²) in [4.78, 5) is 4.02. The van der Waals surface area contributed by atoms with Crippen molar-refractivity contribution in [3.63, 3.8) is 0 Å². The zero-order chi connectivity index (χ0) is 8.27. The summed E-state index contributed by atoms with van der Waals surface area (Å²) in [6, 6.07) is 3.41. The molecule has 1 heterocycles. The second-order valence-corrected chi connectivity index (χ2v) is 2.59. The van der Waals surface area contributed by atoms with Crippen molar-refractivity contribution in [2.75, 3.05) is 7.11 Å². The van der Waals surface area contributed by atoms with Gasteiger partial charge < -0.3 is 4.74 Å². The number of ether oxygens (including phenoxy) is 1. The maximum Gasteiger partial charge on any atom is 0.213 e. The molecule has 0 unspecified atom stereocenters. The number of aromatic nitrogens is 1. The van der Waals surface area contributed by atoms with E-state index in [1.54, 1.807) is 19.2 Å². The SMILES string of the molecule is COc1ccc(Cl)c(CCl)n1. The zero-order valence-electron chi connectivity index (χ0n) is 5.97. The molecule has 0 aliphatic rings. The first-order valence-corrected chi connectivity index (χ1v) is 3.94. The lowest BCUT2D eigenvalue weighted by Gasteiger charge is -2.01. The van der Waals surface area contributed by atoms with E-state index in [-0.39, 0.29) is 0 Å². The Kier molecular flexibility index (Phi) is 2.97. The summed E-state index contributed by atoms with van der Waals surface area (Å²) in [5.74, 6) is 0.834. The van der Waals surface area contributed by atoms with E-state index in [0.717, 1.165) is 0 Å². The molecule has 0 aliphatic carbocycles. The molecule has 0 aliphatic heterocycles. The van der Waals surface area contributed by atoms with Gasteiger partial charge in [-0.15, -0.1) is 11.6 Å². The maximum atomic E-state index is 5.75. The van der Waals surface area contributed by atoms with Crippen LogP contribution < -0.4 is 4.74 Å². The van der Waals surface area contributed by atoms with Crippen molar-refractivity contribution >= 4 is 23.2 Å². The number of hydrogen-bond donors (Lipinski definition) is 0. The van der Waals surface area contributed by atoms with Crippen molar-refractivity contribution in [2.24, 2.45) is 0 Å². The zero-order valence-corrected chi connectivity index (χ0v) is 7.49. The van der Waals surface area contributed by atoms with Crippen LogP contribution in [0.4, 0.5) is 0 Å². The molecule has 0 spiro atoms. The smallest absolute Gasteiger partial charge is 0.213 e. The Morgan fingerprint density at radius 3 is 2.82 bits per heavy atom. The fourth-order valence-electron chi connectivity index (χ4n) is 0.672. The molecule has 2 nitrogen and oxygen atoms in total. The van der Waals surface area contributed by atoms with Gasteiger partial charge in [0.2, 0.25) is 5.88 Å². The predicted octanol–water partition coefficient (Wildman–Crippen LogP) is 2.48. The minimum atomic E-state index is 0.302. The van der Waals surface area contributed by atoms with Crippen molar-refractivity contribution in [3.05, 3.63) is 22.8 Å². The lowest BCUT2D eigenvalue weighted by Crippen LogP contribution is -1.91. The summed E-state index contributed by atoms with van der Waals surface area (Å²) < 4.78 is 4.88. The van der Waals surface area contributed by atoms with Crippen LogP contribution in [-0.2, 0) is 5.88 Å². The molecule has 0 fully saturated rings. The van der Waals surface area contributed by atoms with Crippen LogP contribution in [0.2, 0.25) is 5.02 Å². The quantitative estimate of drug-likeness (QED) is 0.671. The highest BCUT2D eigenvalue weighted by atomic mass is 35.5. The summed E-state index contributed by atoms with van der Waals surface area (Å²) in [5, 5.41) is 0.570. The van der Waals surface area contributed by atoms with Gasteiger partial charge in [-0.1, -0.05) is 11.6 Å². The Bertz CT molecular complexity index is 252. The Balaban J connectivity index is 3.02. The van der Waals surface area contributed by atoms with E-state index in [2.05, 4.69) is 4.98 Å². The molecule has 11 heavy (non-hydrogen) atoms. The van der Waals surface area contributed by atoms with Gasteiger partial charge in [0.15, 0.2) is 0 Å². The summed E-state index contributed by atoms with van der Waals surface area (Å²) in [7, 11) is 1.55. The third kappa shape index (κ3) is 1.98. The van der Waals surface area contributed by atoms with Crippen LogP contribution in [-0.4, -0.2) is 12.1 Å². The molecule has 1 aromatic rings. The highest BCUT2D eigenvalue weighted by Crippen LogP contribution is 2.18. The monoisotopic (exact) mass is 191 g/mol. The van der Waals surface area contributed by atoms with Crippen LogP contribution in [0.25, 0.3) is 0 Å². The first-order chi connectivity index (χ1) is 5.27. The van der Waals surface area contributed by atoms with Crippen LogP contribution in [0.5, 0.6) is 5.88 Å². The number of pyridine rings is 1. The Morgan fingerprint density at radius 2 is 2.27 bits per heavy atom. The van der Waals surface area contributed by atoms with Crippen LogP contribution in [0.3, 0.4) is 0 Å². The van der Waals surface area contributed by atoms with E-state index in [1.807, 2.05) is 0 Å². The molecule has 0 saturated heterocycles. The second kappa shape index (κ2) is 3.79. The predicted molar refractivity (Wildman–Crippen MR) is 45.4 cm³/mol. The van der Waals surface area contributed by atoms with Gasteiger partial charge in [-0.05, 0) is 6.07 Å². The van der Waals surface area contributed by atoms with Crippen LogP contribution >= 0.6 is 23.2 Å². The van der Waals surface area contributed by atoms with Gasteiger partial charge in [0.1, 0.15) is 0 Å². The largest absolute Gasteiger partial charge is 0.481 e. The molecule has 0 aromatic carbocycles. The molecule has 1 aromatic heterocycles. The first kappa shape index (κ1) is 8.62. The van der Waals surface area contributed by atoms with E-state index < -0.39 is 0 Å². The topological polar surface area (TPSA) is 22.1 Å². The van der Waals surface area contributed by atoms with E-state index in [9.17, 15) is 0 Å². The minimum Gasteiger partial charge on any atom is -0.481 e. The van der Waals surface area contributed by atoms with Gasteiger partial charge in [-0.3, -0.25) is 0 Å². The highest BCUT2D eigenvalue weighted by molar-refractivity contribution is 6.32. The van der Waals surface area contributed by atoms with Crippen molar-refractivity contribution in [2.45, 2.75) is 5.88 Å². The Hall–Kier alpha value is -0.470. The molecule has 0 radical (unpaired) electrons. The third-order valence-corrected chi connectivity index (χ3v) is 1.83. The number of methoxy groups -OCH3 is 1. The molecule has 0 bridgehead atoms. The van der Waals surface area contributed by atoms with E-state index >= 15 is 0 Å². The van der Waals surface area contributed by atoms with Gasteiger partial charge in [-0.2, -0.15) is 0 Å². The average Bonchev–Trinajstić information content (AvgIpc) is 2.05. The minimum absolute atomic E-state index is 0.302. The van der Waals surface area contributed by atoms with Gasteiger partial charge in [0.25, 0.3) is 0 Å². The summed E-state index contributed by atoms with van der Waals surface area (Å²) in [6.07, 6.45) is 0. The molecule has 0 N–H and O–H groups in total. The fraction of sp³-hybridized carbons (Fsp3) is 0.286. The van der Waals surface area contributed by atoms with Gasteiger partial charge in [0.05, 0.1) is 23.7 Å². The number of rotatable bonds is 2. The van der Waals surface area contributed by atoms with Crippen molar-refractivity contribution in [3.8, 4) is 5.88 Å². The number of hydrogen-bond acceptors (Lipinski definition) is 2. The summed E-state index contributed by atoms with van der Waals surface area (Å²) >= 11 is 11.3. The molecular weight excluding hydrogens is 185 g/mol. The van der Waals surface area contributed by atoms with E-state index in [1.165, 1.54) is 0 Å². The molecule has 1 rings (SSSR count). The summed E-state index contributed by atoms with van der Waals surface area (Å²) in [5.41, 5.74) is 0.646. The number of alkyl halides is 1. The van der Waals surface area contributed by atoms with Crippen molar-refractivity contribution in [1.82, 2.24) is 4.98 Å². The Morgan fingerprint density at radius 1 is 1.55 bits per heavy atom. The van der Waals surface area contributed by atoms with Crippen LogP contribution in [0, 0.1) is 0 Å². The number of halogens is 2. The molecule has 0 saturated carbocycles. The summed E-state index contributed by atoms with van der Waals surface area (Å²) in [6.45, 7) is 0. The van der Waals surface area contributed by atoms with E-state index in [4.69, 9.17) is 27.9 Å². The number of nitrogens with zero attached hydrogens (tertiary/aromatic N) is 1. The second-order valence-electron chi connectivity index (χ2n) is 1.92. The highest BCUT2D eigenvalue weighted by Gasteiger charge is 2.01. The molecule has 60 valence electrons. The maximum absolute atomic E-state index is 5.75. The molecule has 0 amide bonds. The van der Waals surface area contributed by atoms with Crippen molar-refractivity contribution < 1.29 is 4.74 Å². The lowest BCUT2D eigenvalue weighted by molar-refractivity contribution is 0.397. The average molecular weight is 192 g/mol. The van der Waals surface area contributed by atoms with Gasteiger partial charge >= 0.3 is 0 Å². The third-order valence-electron chi connectivity index (χ3n) is 1.23. The standard InChI is InChI=1S/C7H7Cl2NO/c1-11-7-3-2-5(9)6(4-8)10-7/h2-3H,4H2,1H3. The fourth-order valence-corrected chi connectivity index (χ4v) is 1.12. The van der Waals surface area contributed by atoms with E-state index in [0.29, 0.717) is 22.5 Å². The van der Waals surface area contributed by atoms with Crippen molar-refractivity contribution in [1.29, 1.82) is 0 Å². The van der Waals surface area contributed by atoms with Crippen LogP contribution in [0.1, 0.15) is 5.69 Å². The normalized spacial score (nSPS) is 9.73. The van der Waals surface area contributed by atoms with Gasteiger partial charge in [0, 0.05) is 6.07 Å². The molecule has 4 heteroatoms. The molecule has 0 atom stereocenters. The first-order valence-electron chi connectivity index (χ1n) is 3.03. The Labute approximate surface area is 75.1 Å². The lowest BCUT2D eigenvalue weighted by atomic mass is 10.4. The van der Waals surface area contributed by atoms with Gasteiger partial charge in [-0.25, -0.2) is 4.98 Å². The molecular formula is C7H7Cl2NO. The van der Waals surface area contributed by atoms with Crippen LogP contribution in [0.15, 0.2) is 12.1 Å².